The highest BCUT2D eigenvalue weighted by molar-refractivity contribution is 6.30. The van der Waals surface area contributed by atoms with Gasteiger partial charge in [-0.15, -0.1) is 0 Å². The van der Waals surface area contributed by atoms with Crippen LogP contribution in [0.1, 0.15) is 25.7 Å². The molecule has 0 unspecified atom stereocenters. The molecular weight excluding hydrogens is 458 g/mol. The zero-order valence-corrected chi connectivity index (χ0v) is 18.5. The van der Waals surface area contributed by atoms with Crippen molar-refractivity contribution in [2.45, 2.75) is 42.9 Å². The summed E-state index contributed by atoms with van der Waals surface area (Å²) in [7, 11) is 0. The molecule has 0 bridgehead atoms. The van der Waals surface area contributed by atoms with Crippen LogP contribution in [-0.4, -0.2) is 81.1 Å². The molecule has 1 saturated carbocycles. The lowest BCUT2D eigenvalue weighted by atomic mass is 9.95. The first-order chi connectivity index (χ1) is 15.8. The van der Waals surface area contributed by atoms with Gasteiger partial charge in [0.25, 0.3) is 0 Å². The van der Waals surface area contributed by atoms with Crippen LogP contribution in [0.4, 0.5) is 19.4 Å². The number of nitrogens with zero attached hydrogens (tertiary/aromatic N) is 5. The van der Waals surface area contributed by atoms with Crippen molar-refractivity contribution in [2.24, 2.45) is 5.92 Å². The number of pyridine rings is 1. The molecule has 4 aliphatic rings. The fourth-order valence-corrected chi connectivity index (χ4v) is 6.14. The van der Waals surface area contributed by atoms with Crippen LogP contribution in [0.5, 0.6) is 6.01 Å². The SMILES string of the molecule is O=C(O)N[C@]12C[C@H]1CN(c1nc(OC[C@@]34CCCN3C[C@H](F)C4)nc3c(F)c(Cl)ncc13)C2. The standard InChI is InChI=1S/C21H23ClF2N6O3/c22-16-14(24)15-13(6-25-16)17(29-7-11-4-21(11,9-29)28-19(31)32)27-18(26-15)33-10-20-2-1-3-30(20)8-12(23)5-20/h6,11-12,28H,1-5,7-10H2,(H,31,32)/t11-,12+,20-,21-/m0/s1. The highest BCUT2D eigenvalue weighted by Crippen LogP contribution is 2.51. The number of nitrogens with one attached hydrogen (secondary N) is 1. The molecule has 2 aromatic heterocycles. The molecule has 12 heteroatoms. The molecule has 0 spiro atoms. The minimum Gasteiger partial charge on any atom is -0.465 e. The third-order valence-electron chi connectivity index (χ3n) is 7.63. The number of halogens is 3. The second-order valence-corrected chi connectivity index (χ2v) is 10.0. The largest absolute Gasteiger partial charge is 0.465 e. The van der Waals surface area contributed by atoms with Crippen LogP contribution in [0.3, 0.4) is 0 Å². The molecule has 9 nitrogen and oxygen atoms in total. The molecule has 5 heterocycles. The molecule has 6 rings (SSSR count). The highest BCUT2D eigenvalue weighted by Gasteiger charge is 2.61. The number of hydrogen-bond donors (Lipinski definition) is 2. The van der Waals surface area contributed by atoms with E-state index in [2.05, 4.69) is 25.2 Å². The zero-order chi connectivity index (χ0) is 23.0. The fraction of sp³-hybridized carbons (Fsp3) is 0.619. The second-order valence-electron chi connectivity index (χ2n) is 9.69. The molecule has 33 heavy (non-hydrogen) atoms. The van der Waals surface area contributed by atoms with Gasteiger partial charge in [-0.3, -0.25) is 4.90 Å². The Hall–Kier alpha value is -2.53. The van der Waals surface area contributed by atoms with E-state index in [4.69, 9.17) is 16.3 Å². The van der Waals surface area contributed by atoms with Gasteiger partial charge in [0.15, 0.2) is 11.0 Å². The average molecular weight is 481 g/mol. The lowest BCUT2D eigenvalue weighted by Gasteiger charge is -2.31. The number of anilines is 1. The molecule has 176 valence electrons. The van der Waals surface area contributed by atoms with E-state index < -0.39 is 29.2 Å². The van der Waals surface area contributed by atoms with Crippen LogP contribution in [0.2, 0.25) is 5.15 Å². The van der Waals surface area contributed by atoms with Gasteiger partial charge in [-0.05, 0) is 25.8 Å². The van der Waals surface area contributed by atoms with Gasteiger partial charge in [0.1, 0.15) is 24.1 Å². The molecule has 3 saturated heterocycles. The van der Waals surface area contributed by atoms with E-state index in [0.29, 0.717) is 37.3 Å². The van der Waals surface area contributed by atoms with Crippen LogP contribution in [0.25, 0.3) is 10.9 Å². The van der Waals surface area contributed by atoms with Crippen molar-refractivity contribution in [1.82, 2.24) is 25.2 Å². The molecule has 4 atom stereocenters. The summed E-state index contributed by atoms with van der Waals surface area (Å²) >= 11 is 5.91. The fourth-order valence-electron chi connectivity index (χ4n) is 6.00. The first-order valence-electron chi connectivity index (χ1n) is 11.1. The summed E-state index contributed by atoms with van der Waals surface area (Å²) in [4.78, 5) is 28.0. The maximum atomic E-state index is 14.9. The molecule has 2 aromatic rings. The number of fused-ring (bicyclic) bond motifs is 3. The molecule has 0 radical (unpaired) electrons. The molecular formula is C21H23ClF2N6O3. The third kappa shape index (κ3) is 3.35. The monoisotopic (exact) mass is 480 g/mol. The Balaban J connectivity index is 1.33. The van der Waals surface area contributed by atoms with Crippen LogP contribution < -0.4 is 15.0 Å². The maximum absolute atomic E-state index is 14.9. The molecule has 1 aliphatic carbocycles. The van der Waals surface area contributed by atoms with Crippen molar-refractivity contribution in [2.75, 3.05) is 37.7 Å². The Morgan fingerprint density at radius 1 is 1.36 bits per heavy atom. The van der Waals surface area contributed by atoms with E-state index in [1.54, 1.807) is 0 Å². The first kappa shape index (κ1) is 21.0. The van der Waals surface area contributed by atoms with Gasteiger partial charge >= 0.3 is 12.1 Å². The lowest BCUT2D eigenvalue weighted by Crippen LogP contribution is -2.43. The Morgan fingerprint density at radius 3 is 3.03 bits per heavy atom. The van der Waals surface area contributed by atoms with E-state index in [-0.39, 0.29) is 29.2 Å². The summed E-state index contributed by atoms with van der Waals surface area (Å²) < 4.78 is 35.0. The first-order valence-corrected chi connectivity index (χ1v) is 11.5. The number of piperidine rings is 1. The van der Waals surface area contributed by atoms with Crippen LogP contribution >= 0.6 is 11.6 Å². The van der Waals surface area contributed by atoms with Crippen molar-refractivity contribution in [3.05, 3.63) is 17.2 Å². The summed E-state index contributed by atoms with van der Waals surface area (Å²) in [5, 5.41) is 11.9. The quantitative estimate of drug-likeness (QED) is 0.629. The molecule has 3 aliphatic heterocycles. The van der Waals surface area contributed by atoms with Crippen molar-refractivity contribution >= 4 is 34.4 Å². The van der Waals surface area contributed by atoms with Crippen molar-refractivity contribution < 1.29 is 23.4 Å². The van der Waals surface area contributed by atoms with Gasteiger partial charge in [-0.25, -0.2) is 18.6 Å². The van der Waals surface area contributed by atoms with Gasteiger partial charge in [-0.2, -0.15) is 9.97 Å². The number of alkyl halides is 1. The summed E-state index contributed by atoms with van der Waals surface area (Å²) in [6, 6.07) is -0.0111. The summed E-state index contributed by atoms with van der Waals surface area (Å²) in [5.74, 6) is -0.192. The predicted octanol–water partition coefficient (Wildman–Crippen LogP) is 2.62. The Kier molecular flexibility index (Phi) is 4.61. The molecule has 1 amide bonds. The smallest absolute Gasteiger partial charge is 0.405 e. The van der Waals surface area contributed by atoms with E-state index in [0.717, 1.165) is 25.8 Å². The number of carbonyl (C=O) groups is 1. The zero-order valence-electron chi connectivity index (χ0n) is 17.7. The van der Waals surface area contributed by atoms with Crippen LogP contribution in [0.15, 0.2) is 6.20 Å². The Labute approximate surface area is 193 Å². The van der Waals surface area contributed by atoms with Gasteiger partial charge < -0.3 is 20.1 Å². The number of ether oxygens (including phenoxy) is 1. The van der Waals surface area contributed by atoms with E-state index >= 15 is 0 Å². The summed E-state index contributed by atoms with van der Waals surface area (Å²) in [6.07, 6.45) is 2.41. The normalized spacial score (nSPS) is 32.8. The van der Waals surface area contributed by atoms with Gasteiger partial charge in [-0.1, -0.05) is 11.6 Å². The highest BCUT2D eigenvalue weighted by atomic mass is 35.5. The predicted molar refractivity (Wildman–Crippen MR) is 115 cm³/mol. The van der Waals surface area contributed by atoms with Crippen molar-refractivity contribution in [3.8, 4) is 6.01 Å². The number of hydrogen-bond acceptors (Lipinski definition) is 7. The number of carboxylic acid groups (broad SMARTS) is 1. The number of aromatic nitrogens is 3. The average Bonchev–Trinajstić information content (AvgIpc) is 3.03. The maximum Gasteiger partial charge on any atom is 0.405 e. The number of amides is 1. The molecule has 4 fully saturated rings. The second kappa shape index (κ2) is 7.23. The summed E-state index contributed by atoms with van der Waals surface area (Å²) in [6.45, 7) is 2.42. The van der Waals surface area contributed by atoms with Crippen molar-refractivity contribution in [1.29, 1.82) is 0 Å². The van der Waals surface area contributed by atoms with Gasteiger partial charge in [0.05, 0.1) is 16.5 Å². The molecule has 2 N–H and O–H groups in total. The Bertz CT molecular complexity index is 1160. The number of rotatable bonds is 5. The van der Waals surface area contributed by atoms with Crippen LogP contribution in [0, 0.1) is 11.7 Å². The van der Waals surface area contributed by atoms with Gasteiger partial charge in [0, 0.05) is 38.2 Å². The lowest BCUT2D eigenvalue weighted by molar-refractivity contribution is 0.107. The summed E-state index contributed by atoms with van der Waals surface area (Å²) in [5.41, 5.74) is -0.922. The third-order valence-corrected chi connectivity index (χ3v) is 7.90. The van der Waals surface area contributed by atoms with E-state index in [9.17, 15) is 18.7 Å². The van der Waals surface area contributed by atoms with Crippen LogP contribution in [-0.2, 0) is 0 Å². The minimum absolute atomic E-state index is 0.00798. The topological polar surface area (TPSA) is 104 Å². The Morgan fingerprint density at radius 2 is 2.21 bits per heavy atom. The van der Waals surface area contributed by atoms with Crippen molar-refractivity contribution in [3.63, 3.8) is 0 Å². The van der Waals surface area contributed by atoms with E-state index in [1.165, 1.54) is 6.20 Å². The van der Waals surface area contributed by atoms with Gasteiger partial charge in [0.2, 0.25) is 0 Å². The minimum atomic E-state index is -1.07. The molecule has 0 aromatic carbocycles. The van der Waals surface area contributed by atoms with E-state index in [1.807, 2.05) is 4.90 Å².